The van der Waals surface area contributed by atoms with Gasteiger partial charge in [0.2, 0.25) is 5.82 Å². The van der Waals surface area contributed by atoms with E-state index < -0.39 is 50.9 Å². The van der Waals surface area contributed by atoms with Gasteiger partial charge in [-0.3, -0.25) is 0 Å². The van der Waals surface area contributed by atoms with Gasteiger partial charge in [0.25, 0.3) is 0 Å². The Bertz CT molecular complexity index is 1170. The predicted octanol–water partition coefficient (Wildman–Crippen LogP) is 7.44. The van der Waals surface area contributed by atoms with Crippen molar-refractivity contribution in [1.82, 2.24) is 0 Å². The van der Waals surface area contributed by atoms with Crippen LogP contribution in [0.5, 0.6) is 0 Å². The molecule has 0 N–H and O–H groups in total. The summed E-state index contributed by atoms with van der Waals surface area (Å²) in [6.07, 6.45) is 0. The van der Waals surface area contributed by atoms with Crippen molar-refractivity contribution in [2.24, 2.45) is 0 Å². The van der Waals surface area contributed by atoms with Gasteiger partial charge in [-0.2, -0.15) is 0 Å². The van der Waals surface area contributed by atoms with Crippen molar-refractivity contribution in [1.29, 1.82) is 0 Å². The maximum absolute atomic E-state index is 14.4. The van der Waals surface area contributed by atoms with E-state index >= 15 is 0 Å². The SMILES string of the molecule is O=C(OS(c1ccccc1)(c1ccccc1)c1ccccc1)c1c(F)c(F)c(F)c(F)c1F. The molecule has 4 aromatic carbocycles. The molecule has 4 rings (SSSR count). The molecule has 0 atom stereocenters. The second-order valence-corrected chi connectivity index (χ2v) is 9.50. The summed E-state index contributed by atoms with van der Waals surface area (Å²) in [7, 11) is -2.97. The molecule has 0 saturated heterocycles. The Morgan fingerprint density at radius 2 is 0.818 bits per heavy atom. The molecule has 33 heavy (non-hydrogen) atoms. The summed E-state index contributed by atoms with van der Waals surface area (Å²) in [5.74, 6) is -13.0. The average Bonchev–Trinajstić information content (AvgIpc) is 2.86. The predicted molar refractivity (Wildman–Crippen MR) is 113 cm³/mol. The molecular formula is C25H15F5O2S. The number of hydrogen-bond acceptors (Lipinski definition) is 2. The first-order chi connectivity index (χ1) is 15.9. The lowest BCUT2D eigenvalue weighted by atomic mass is 10.1. The molecule has 0 spiro atoms. The largest absolute Gasteiger partial charge is 0.398 e. The van der Waals surface area contributed by atoms with Gasteiger partial charge in [-0.25, -0.2) is 26.7 Å². The summed E-state index contributed by atoms with van der Waals surface area (Å²) in [5, 5.41) is 0. The van der Waals surface area contributed by atoms with Gasteiger partial charge in [0, 0.05) is 14.7 Å². The Kier molecular flexibility index (Phi) is 6.20. The van der Waals surface area contributed by atoms with E-state index in [2.05, 4.69) is 0 Å². The summed E-state index contributed by atoms with van der Waals surface area (Å²) in [6.45, 7) is 0. The minimum atomic E-state index is -2.97. The highest BCUT2D eigenvalue weighted by atomic mass is 32.3. The number of rotatable bonds is 5. The molecular weight excluding hydrogens is 459 g/mol. The first-order valence-corrected chi connectivity index (χ1v) is 11.2. The van der Waals surface area contributed by atoms with Crippen LogP contribution in [-0.2, 0) is 4.18 Å². The van der Waals surface area contributed by atoms with Crippen molar-refractivity contribution >= 4 is 16.3 Å². The molecule has 0 saturated carbocycles. The molecule has 0 fully saturated rings. The third-order valence-electron chi connectivity index (χ3n) is 4.84. The van der Waals surface area contributed by atoms with Crippen LogP contribution < -0.4 is 0 Å². The summed E-state index contributed by atoms with van der Waals surface area (Å²) in [5.41, 5.74) is -1.65. The Hall–Kier alpha value is -3.65. The van der Waals surface area contributed by atoms with E-state index in [9.17, 15) is 26.7 Å². The number of hydrogen-bond donors (Lipinski definition) is 0. The zero-order valence-electron chi connectivity index (χ0n) is 16.8. The smallest absolute Gasteiger partial charge is 0.355 e. The summed E-state index contributed by atoms with van der Waals surface area (Å²) in [4.78, 5) is 14.6. The quantitative estimate of drug-likeness (QED) is 0.171. The van der Waals surface area contributed by atoms with Crippen LogP contribution in [0.3, 0.4) is 0 Å². The Morgan fingerprint density at radius 3 is 1.15 bits per heavy atom. The first kappa shape index (κ1) is 22.5. The Labute approximate surface area is 187 Å². The van der Waals surface area contributed by atoms with Gasteiger partial charge in [0.15, 0.2) is 23.3 Å². The Balaban J connectivity index is 1.99. The lowest BCUT2D eigenvalue weighted by molar-refractivity contribution is 0.0743. The molecule has 168 valence electrons. The zero-order chi connectivity index (χ0) is 23.6. The van der Waals surface area contributed by atoms with Crippen LogP contribution in [0.1, 0.15) is 10.4 Å². The molecule has 0 amide bonds. The maximum atomic E-state index is 14.4. The van der Waals surface area contributed by atoms with Gasteiger partial charge < -0.3 is 4.18 Å². The van der Waals surface area contributed by atoms with Crippen molar-refractivity contribution < 1.29 is 30.9 Å². The zero-order valence-corrected chi connectivity index (χ0v) is 17.6. The molecule has 0 aliphatic carbocycles. The maximum Gasteiger partial charge on any atom is 0.355 e. The number of carbonyl (C=O) groups is 1. The summed E-state index contributed by atoms with van der Waals surface area (Å²) in [6, 6.07) is 25.3. The van der Waals surface area contributed by atoms with Gasteiger partial charge in [-0.05, 0) is 46.7 Å². The standard InChI is InChI=1S/C25H15F5O2S/c26-20-19(21(27)23(29)24(30)22(20)28)25(31)32-33(16-10-4-1-5-11-16,17-12-6-2-7-13-17)18-14-8-3-9-15-18/h1-15H. The second kappa shape index (κ2) is 9.07. The molecule has 0 aromatic heterocycles. The monoisotopic (exact) mass is 474 g/mol. The fourth-order valence-electron chi connectivity index (χ4n) is 3.33. The van der Waals surface area contributed by atoms with Gasteiger partial charge in [-0.15, -0.1) is 0 Å². The lowest BCUT2D eigenvalue weighted by Gasteiger charge is -2.39. The van der Waals surface area contributed by atoms with E-state index in [-0.39, 0.29) is 0 Å². The van der Waals surface area contributed by atoms with Crippen LogP contribution in [0, 0.1) is 29.1 Å². The van der Waals surface area contributed by atoms with Gasteiger partial charge in [0.05, 0.1) is 0 Å². The molecule has 0 unspecified atom stereocenters. The summed E-state index contributed by atoms with van der Waals surface area (Å²) < 4.78 is 75.8. The topological polar surface area (TPSA) is 26.3 Å². The first-order valence-electron chi connectivity index (χ1n) is 9.61. The van der Waals surface area contributed by atoms with Crippen molar-refractivity contribution in [3.8, 4) is 0 Å². The highest BCUT2D eigenvalue weighted by molar-refractivity contribution is 8.30. The van der Waals surface area contributed by atoms with Crippen molar-refractivity contribution in [2.45, 2.75) is 14.7 Å². The van der Waals surface area contributed by atoms with E-state index in [4.69, 9.17) is 4.18 Å². The van der Waals surface area contributed by atoms with Crippen LogP contribution in [0.4, 0.5) is 22.0 Å². The van der Waals surface area contributed by atoms with Crippen LogP contribution in [-0.4, -0.2) is 5.97 Å². The van der Waals surface area contributed by atoms with E-state index in [0.29, 0.717) is 14.7 Å². The van der Waals surface area contributed by atoms with E-state index in [1.54, 1.807) is 91.0 Å². The van der Waals surface area contributed by atoms with Crippen LogP contribution in [0.15, 0.2) is 106 Å². The fourth-order valence-corrected chi connectivity index (χ4v) is 6.37. The number of halogens is 5. The lowest BCUT2D eigenvalue weighted by Crippen LogP contribution is -2.18. The Morgan fingerprint density at radius 1 is 0.515 bits per heavy atom. The van der Waals surface area contributed by atoms with Gasteiger partial charge in [-0.1, -0.05) is 54.6 Å². The number of benzene rings is 4. The van der Waals surface area contributed by atoms with Crippen molar-refractivity contribution in [3.63, 3.8) is 0 Å². The van der Waals surface area contributed by atoms with Crippen LogP contribution >= 0.6 is 10.3 Å². The summed E-state index contributed by atoms with van der Waals surface area (Å²) >= 11 is 0. The molecule has 0 aliphatic heterocycles. The number of carbonyl (C=O) groups excluding carboxylic acids is 1. The molecule has 0 heterocycles. The normalized spacial score (nSPS) is 11.8. The van der Waals surface area contributed by atoms with E-state index in [1.807, 2.05) is 0 Å². The van der Waals surface area contributed by atoms with E-state index in [1.165, 1.54) is 0 Å². The van der Waals surface area contributed by atoms with Crippen molar-refractivity contribution in [2.75, 3.05) is 0 Å². The van der Waals surface area contributed by atoms with Gasteiger partial charge >= 0.3 is 5.97 Å². The third kappa shape index (κ3) is 3.87. The van der Waals surface area contributed by atoms with Gasteiger partial charge in [0.1, 0.15) is 5.56 Å². The minimum Gasteiger partial charge on any atom is -0.398 e. The highest BCUT2D eigenvalue weighted by Gasteiger charge is 2.39. The second-order valence-electron chi connectivity index (χ2n) is 6.81. The molecule has 0 bridgehead atoms. The molecule has 0 aliphatic rings. The molecule has 2 nitrogen and oxygen atoms in total. The fraction of sp³-hybridized carbons (Fsp3) is 0. The van der Waals surface area contributed by atoms with E-state index in [0.717, 1.165) is 0 Å². The van der Waals surface area contributed by atoms with Crippen LogP contribution in [0.2, 0.25) is 0 Å². The van der Waals surface area contributed by atoms with Crippen LogP contribution in [0.25, 0.3) is 0 Å². The average molecular weight is 474 g/mol. The highest BCUT2D eigenvalue weighted by Crippen LogP contribution is 2.69. The van der Waals surface area contributed by atoms with Crippen molar-refractivity contribution in [3.05, 3.63) is 126 Å². The molecule has 8 heteroatoms. The molecule has 0 radical (unpaired) electrons. The molecule has 4 aromatic rings. The minimum absolute atomic E-state index is 0.486. The third-order valence-corrected chi connectivity index (χ3v) is 8.05.